The van der Waals surface area contributed by atoms with Gasteiger partial charge in [-0.1, -0.05) is 24.3 Å². The Labute approximate surface area is 133 Å². The molecule has 0 amide bonds. The van der Waals surface area contributed by atoms with Gasteiger partial charge < -0.3 is 4.74 Å². The predicted molar refractivity (Wildman–Crippen MR) is 84.6 cm³/mol. The predicted octanol–water partition coefficient (Wildman–Crippen LogP) is 3.91. The van der Waals surface area contributed by atoms with E-state index in [1.807, 2.05) is 0 Å². The van der Waals surface area contributed by atoms with Crippen molar-refractivity contribution in [3.05, 3.63) is 80.7 Å². The zero-order chi connectivity index (χ0) is 16.8. The van der Waals surface area contributed by atoms with E-state index in [0.717, 1.165) is 5.56 Å². The number of benzene rings is 2. The molecule has 0 spiro atoms. The smallest absolute Gasteiger partial charge is 0.338 e. The van der Waals surface area contributed by atoms with Gasteiger partial charge in [-0.2, -0.15) is 0 Å². The van der Waals surface area contributed by atoms with E-state index in [4.69, 9.17) is 11.3 Å². The van der Waals surface area contributed by atoms with Crippen molar-refractivity contribution in [3.8, 4) is 0 Å². The fraction of sp³-hybridized carbons (Fsp3) is 0.176. The van der Waals surface area contributed by atoms with E-state index in [2.05, 4.69) is 4.85 Å². The molecule has 0 saturated carbocycles. The Kier molecular flexibility index (Phi) is 5.05. The van der Waals surface area contributed by atoms with Crippen molar-refractivity contribution in [2.24, 2.45) is 0 Å². The van der Waals surface area contributed by atoms with E-state index in [1.54, 1.807) is 43.3 Å². The summed E-state index contributed by atoms with van der Waals surface area (Å²) in [6.45, 7) is 8.95. The van der Waals surface area contributed by atoms with Crippen LogP contribution >= 0.6 is 0 Å². The molecule has 6 nitrogen and oxygen atoms in total. The summed E-state index contributed by atoms with van der Waals surface area (Å²) in [4.78, 5) is 25.6. The molecule has 0 aliphatic carbocycles. The molecular formula is C17H14N2O4. The standard InChI is InChI=1S/C17H14N2O4/c1-3-23-17(20)14-6-4-5-12(10-14)9-13-7-8-15(18-2)11-16(13)19(21)22/h4-8,10-11H,3,9H2,1H3. The Morgan fingerprint density at radius 2 is 2.09 bits per heavy atom. The van der Waals surface area contributed by atoms with Crippen molar-refractivity contribution < 1.29 is 14.5 Å². The first-order valence-electron chi connectivity index (χ1n) is 6.96. The Morgan fingerprint density at radius 3 is 2.74 bits per heavy atom. The summed E-state index contributed by atoms with van der Waals surface area (Å²) in [7, 11) is 0. The Hall–Kier alpha value is -3.20. The van der Waals surface area contributed by atoms with Crippen molar-refractivity contribution in [2.75, 3.05) is 6.61 Å². The lowest BCUT2D eigenvalue weighted by Gasteiger charge is -2.06. The maximum atomic E-state index is 11.7. The van der Waals surface area contributed by atoms with Crippen LogP contribution < -0.4 is 0 Å². The molecule has 2 aromatic rings. The molecule has 0 heterocycles. The number of nitrogens with zero attached hydrogens (tertiary/aromatic N) is 2. The van der Waals surface area contributed by atoms with Crippen molar-refractivity contribution in [2.45, 2.75) is 13.3 Å². The third-order valence-corrected chi connectivity index (χ3v) is 3.23. The van der Waals surface area contributed by atoms with Gasteiger partial charge in [-0.25, -0.2) is 9.64 Å². The highest BCUT2D eigenvalue weighted by Crippen LogP contribution is 2.27. The van der Waals surface area contributed by atoms with Crippen LogP contribution in [0.15, 0.2) is 42.5 Å². The lowest BCUT2D eigenvalue weighted by atomic mass is 10.0. The molecule has 0 radical (unpaired) electrons. The second-order valence-corrected chi connectivity index (χ2v) is 4.78. The molecule has 0 atom stereocenters. The largest absolute Gasteiger partial charge is 0.462 e. The minimum absolute atomic E-state index is 0.0972. The minimum atomic E-state index is -0.501. The lowest BCUT2D eigenvalue weighted by Crippen LogP contribution is -2.05. The summed E-state index contributed by atoms with van der Waals surface area (Å²) in [6.07, 6.45) is 0.293. The number of hydrogen-bond donors (Lipinski definition) is 0. The van der Waals surface area contributed by atoms with Gasteiger partial charge in [-0.05, 0) is 24.6 Å². The van der Waals surface area contributed by atoms with Crippen molar-refractivity contribution >= 4 is 17.3 Å². The summed E-state index contributed by atoms with van der Waals surface area (Å²) in [5.41, 5.74) is 1.78. The summed E-state index contributed by atoms with van der Waals surface area (Å²) >= 11 is 0. The van der Waals surface area contributed by atoms with E-state index in [-0.39, 0.29) is 18.0 Å². The van der Waals surface area contributed by atoms with Crippen LogP contribution in [0.2, 0.25) is 0 Å². The molecule has 0 unspecified atom stereocenters. The molecule has 0 fully saturated rings. The molecule has 2 rings (SSSR count). The molecule has 0 N–H and O–H groups in total. The molecule has 0 saturated heterocycles. The quantitative estimate of drug-likeness (QED) is 0.363. The third-order valence-electron chi connectivity index (χ3n) is 3.23. The van der Waals surface area contributed by atoms with Gasteiger partial charge in [0.15, 0.2) is 5.69 Å². The molecule has 0 bridgehead atoms. The van der Waals surface area contributed by atoms with Crippen molar-refractivity contribution in [1.82, 2.24) is 0 Å². The van der Waals surface area contributed by atoms with Crippen LogP contribution in [0.3, 0.4) is 0 Å². The highest BCUT2D eigenvalue weighted by Gasteiger charge is 2.15. The highest BCUT2D eigenvalue weighted by atomic mass is 16.6. The summed E-state index contributed by atoms with van der Waals surface area (Å²) in [5.74, 6) is -0.424. The van der Waals surface area contributed by atoms with Crippen molar-refractivity contribution in [1.29, 1.82) is 0 Å². The zero-order valence-corrected chi connectivity index (χ0v) is 12.5. The van der Waals surface area contributed by atoms with Crippen LogP contribution in [-0.2, 0) is 11.2 Å². The van der Waals surface area contributed by atoms with Crippen LogP contribution in [0.5, 0.6) is 0 Å². The fourth-order valence-corrected chi connectivity index (χ4v) is 2.18. The molecule has 0 aromatic heterocycles. The van der Waals surface area contributed by atoms with Crippen LogP contribution in [0.4, 0.5) is 11.4 Å². The first-order chi connectivity index (χ1) is 11.0. The Morgan fingerprint density at radius 1 is 1.30 bits per heavy atom. The highest BCUT2D eigenvalue weighted by molar-refractivity contribution is 5.89. The number of nitro benzene ring substituents is 1. The van der Waals surface area contributed by atoms with Gasteiger partial charge in [-0.3, -0.25) is 10.1 Å². The monoisotopic (exact) mass is 310 g/mol. The summed E-state index contributed by atoms with van der Waals surface area (Å²) in [6, 6.07) is 11.2. The maximum Gasteiger partial charge on any atom is 0.338 e. The van der Waals surface area contributed by atoms with Gasteiger partial charge in [0.1, 0.15) is 0 Å². The number of ether oxygens (including phenoxy) is 1. The first-order valence-corrected chi connectivity index (χ1v) is 6.96. The average Bonchev–Trinajstić information content (AvgIpc) is 2.55. The zero-order valence-electron chi connectivity index (χ0n) is 12.5. The molecule has 0 aliphatic heterocycles. The Bertz CT molecular complexity index is 793. The normalized spacial score (nSPS) is 9.91. The summed E-state index contributed by atoms with van der Waals surface area (Å²) in [5, 5.41) is 11.2. The van der Waals surface area contributed by atoms with Gasteiger partial charge in [0.05, 0.1) is 23.7 Å². The van der Waals surface area contributed by atoms with Crippen LogP contribution in [0.25, 0.3) is 4.85 Å². The minimum Gasteiger partial charge on any atom is -0.462 e. The summed E-state index contributed by atoms with van der Waals surface area (Å²) < 4.78 is 4.94. The van der Waals surface area contributed by atoms with E-state index in [1.165, 1.54) is 6.07 Å². The van der Waals surface area contributed by atoms with Crippen molar-refractivity contribution in [3.63, 3.8) is 0 Å². The number of rotatable bonds is 5. The number of nitro groups is 1. The van der Waals surface area contributed by atoms with Gasteiger partial charge >= 0.3 is 5.97 Å². The average molecular weight is 310 g/mol. The van der Waals surface area contributed by atoms with Gasteiger partial charge in [0, 0.05) is 18.1 Å². The first kappa shape index (κ1) is 16.2. The SMILES string of the molecule is [C-]#[N+]c1ccc(Cc2cccc(C(=O)OCC)c2)c([N+](=O)[O-])c1. The van der Waals surface area contributed by atoms with Gasteiger partial charge in [0.2, 0.25) is 0 Å². The molecule has 23 heavy (non-hydrogen) atoms. The molecule has 0 aliphatic rings. The molecular weight excluding hydrogens is 296 g/mol. The third kappa shape index (κ3) is 3.92. The van der Waals surface area contributed by atoms with E-state index < -0.39 is 10.9 Å². The number of esters is 1. The van der Waals surface area contributed by atoms with E-state index in [0.29, 0.717) is 17.5 Å². The number of carbonyl (C=O) groups excluding carboxylic acids is 1. The van der Waals surface area contributed by atoms with Crippen LogP contribution in [0.1, 0.15) is 28.4 Å². The molecule has 2 aromatic carbocycles. The lowest BCUT2D eigenvalue weighted by molar-refractivity contribution is -0.385. The fourth-order valence-electron chi connectivity index (χ4n) is 2.18. The van der Waals surface area contributed by atoms with Crippen LogP contribution in [0, 0.1) is 16.7 Å². The topological polar surface area (TPSA) is 73.8 Å². The second kappa shape index (κ2) is 7.18. The number of carbonyl (C=O) groups is 1. The van der Waals surface area contributed by atoms with Gasteiger partial charge in [-0.15, -0.1) is 0 Å². The number of hydrogen-bond acceptors (Lipinski definition) is 4. The van der Waals surface area contributed by atoms with Crippen LogP contribution in [-0.4, -0.2) is 17.5 Å². The van der Waals surface area contributed by atoms with E-state index >= 15 is 0 Å². The molecule has 116 valence electrons. The maximum absolute atomic E-state index is 11.7. The Balaban J connectivity index is 2.33. The van der Waals surface area contributed by atoms with Gasteiger partial charge in [0.25, 0.3) is 5.69 Å². The van der Waals surface area contributed by atoms with E-state index in [9.17, 15) is 14.9 Å². The molecule has 6 heteroatoms. The second-order valence-electron chi connectivity index (χ2n) is 4.78.